The Morgan fingerprint density at radius 3 is 2.75 bits per heavy atom. The third-order valence-corrected chi connectivity index (χ3v) is 4.12. The number of nitrogens with one attached hydrogen (secondary N) is 1. The lowest BCUT2D eigenvalue weighted by molar-refractivity contribution is -0.0925. The van der Waals surface area contributed by atoms with Crippen LogP contribution in [0.3, 0.4) is 0 Å². The van der Waals surface area contributed by atoms with Crippen LogP contribution in [0.5, 0.6) is 0 Å². The molecule has 2 fully saturated rings. The summed E-state index contributed by atoms with van der Waals surface area (Å²) < 4.78 is 5.70. The van der Waals surface area contributed by atoms with Gasteiger partial charge in [0.05, 0.1) is 12.7 Å². The first kappa shape index (κ1) is 12.3. The van der Waals surface area contributed by atoms with Crippen LogP contribution < -0.4 is 5.32 Å². The molecule has 3 nitrogen and oxygen atoms in total. The number of nitrogens with zero attached hydrogens (tertiary/aromatic N) is 1. The van der Waals surface area contributed by atoms with E-state index in [4.69, 9.17) is 4.74 Å². The third kappa shape index (κ3) is 2.58. The van der Waals surface area contributed by atoms with Crippen LogP contribution in [0.4, 0.5) is 0 Å². The minimum absolute atomic E-state index is 0.414. The monoisotopic (exact) mass is 226 g/mol. The van der Waals surface area contributed by atoms with Gasteiger partial charge in [0.15, 0.2) is 0 Å². The SMILES string of the molecule is CCNCC1CCC1N1CC(C)OCC1C. The van der Waals surface area contributed by atoms with E-state index in [0.717, 1.165) is 31.7 Å². The van der Waals surface area contributed by atoms with Gasteiger partial charge >= 0.3 is 0 Å². The fraction of sp³-hybridized carbons (Fsp3) is 1.00. The van der Waals surface area contributed by atoms with E-state index in [1.165, 1.54) is 19.4 Å². The van der Waals surface area contributed by atoms with E-state index in [0.29, 0.717) is 12.1 Å². The Bertz CT molecular complexity index is 222. The van der Waals surface area contributed by atoms with E-state index >= 15 is 0 Å². The van der Waals surface area contributed by atoms with Crippen molar-refractivity contribution in [3.8, 4) is 0 Å². The third-order valence-electron chi connectivity index (χ3n) is 4.12. The predicted molar refractivity (Wildman–Crippen MR) is 66.6 cm³/mol. The standard InChI is InChI=1S/C13H26N2O/c1-4-14-7-12-5-6-13(12)15-8-11(3)16-9-10(15)2/h10-14H,4-9H2,1-3H3. The fourth-order valence-corrected chi connectivity index (χ4v) is 2.95. The summed E-state index contributed by atoms with van der Waals surface area (Å²) in [6, 6.07) is 1.41. The largest absolute Gasteiger partial charge is 0.376 e. The molecule has 0 radical (unpaired) electrons. The molecule has 0 aromatic heterocycles. The maximum atomic E-state index is 5.70. The van der Waals surface area contributed by atoms with Crippen LogP contribution in [-0.4, -0.2) is 49.3 Å². The Kier molecular flexibility index (Phi) is 4.22. The van der Waals surface area contributed by atoms with Crippen molar-refractivity contribution in [3.63, 3.8) is 0 Å². The molecule has 94 valence electrons. The summed E-state index contributed by atoms with van der Waals surface area (Å²) >= 11 is 0. The molecule has 0 bridgehead atoms. The van der Waals surface area contributed by atoms with Crippen LogP contribution >= 0.6 is 0 Å². The lowest BCUT2D eigenvalue weighted by Crippen LogP contribution is -2.58. The number of rotatable bonds is 4. The van der Waals surface area contributed by atoms with Crippen molar-refractivity contribution in [1.29, 1.82) is 0 Å². The molecule has 16 heavy (non-hydrogen) atoms. The van der Waals surface area contributed by atoms with Crippen LogP contribution in [0.1, 0.15) is 33.6 Å². The first-order chi connectivity index (χ1) is 7.72. The summed E-state index contributed by atoms with van der Waals surface area (Å²) in [6.07, 6.45) is 3.19. The zero-order chi connectivity index (χ0) is 11.5. The number of ether oxygens (including phenoxy) is 1. The van der Waals surface area contributed by atoms with Crippen LogP contribution in [0.25, 0.3) is 0 Å². The molecule has 4 atom stereocenters. The van der Waals surface area contributed by atoms with Crippen molar-refractivity contribution in [2.45, 2.75) is 51.8 Å². The van der Waals surface area contributed by atoms with E-state index in [-0.39, 0.29) is 0 Å². The van der Waals surface area contributed by atoms with E-state index in [1.807, 2.05) is 0 Å². The summed E-state index contributed by atoms with van der Waals surface area (Å²) in [6.45, 7) is 11.0. The molecular formula is C13H26N2O. The second-order valence-electron chi connectivity index (χ2n) is 5.40. The first-order valence-electron chi connectivity index (χ1n) is 6.80. The highest BCUT2D eigenvalue weighted by Crippen LogP contribution is 2.34. The molecule has 1 aliphatic heterocycles. The minimum atomic E-state index is 0.414. The molecule has 2 aliphatic rings. The zero-order valence-corrected chi connectivity index (χ0v) is 10.9. The molecule has 2 rings (SSSR count). The second-order valence-corrected chi connectivity index (χ2v) is 5.40. The van der Waals surface area contributed by atoms with Crippen molar-refractivity contribution in [2.24, 2.45) is 5.92 Å². The topological polar surface area (TPSA) is 24.5 Å². The van der Waals surface area contributed by atoms with Gasteiger partial charge in [0.1, 0.15) is 0 Å². The van der Waals surface area contributed by atoms with Gasteiger partial charge in [-0.05, 0) is 45.7 Å². The molecule has 4 unspecified atom stereocenters. The van der Waals surface area contributed by atoms with E-state index in [9.17, 15) is 0 Å². The van der Waals surface area contributed by atoms with E-state index in [1.54, 1.807) is 0 Å². The van der Waals surface area contributed by atoms with Gasteiger partial charge in [-0.15, -0.1) is 0 Å². The maximum Gasteiger partial charge on any atom is 0.0674 e. The van der Waals surface area contributed by atoms with Gasteiger partial charge in [-0.3, -0.25) is 4.90 Å². The number of hydrogen-bond acceptors (Lipinski definition) is 3. The molecule has 0 amide bonds. The summed E-state index contributed by atoms with van der Waals surface area (Å²) in [5, 5.41) is 3.49. The van der Waals surface area contributed by atoms with Crippen LogP contribution in [-0.2, 0) is 4.74 Å². The van der Waals surface area contributed by atoms with Crippen LogP contribution in [0.15, 0.2) is 0 Å². The second kappa shape index (κ2) is 5.48. The molecular weight excluding hydrogens is 200 g/mol. The van der Waals surface area contributed by atoms with E-state index < -0.39 is 0 Å². The van der Waals surface area contributed by atoms with Gasteiger partial charge in [-0.25, -0.2) is 0 Å². The Hall–Kier alpha value is -0.120. The van der Waals surface area contributed by atoms with Gasteiger partial charge in [0, 0.05) is 18.6 Å². The Morgan fingerprint density at radius 1 is 1.31 bits per heavy atom. The summed E-state index contributed by atoms with van der Waals surface area (Å²) in [5.74, 6) is 0.868. The van der Waals surface area contributed by atoms with Gasteiger partial charge < -0.3 is 10.1 Å². The summed E-state index contributed by atoms with van der Waals surface area (Å²) in [4.78, 5) is 2.68. The van der Waals surface area contributed by atoms with E-state index in [2.05, 4.69) is 31.0 Å². The van der Waals surface area contributed by atoms with Crippen LogP contribution in [0, 0.1) is 5.92 Å². The normalized spacial score (nSPS) is 40.7. The predicted octanol–water partition coefficient (Wildman–Crippen LogP) is 1.48. The number of hydrogen-bond donors (Lipinski definition) is 1. The average Bonchev–Trinajstić information content (AvgIpc) is 2.22. The molecule has 1 saturated heterocycles. The fourth-order valence-electron chi connectivity index (χ4n) is 2.95. The van der Waals surface area contributed by atoms with Crippen molar-refractivity contribution < 1.29 is 4.74 Å². The number of morpholine rings is 1. The quantitative estimate of drug-likeness (QED) is 0.786. The van der Waals surface area contributed by atoms with Gasteiger partial charge in [-0.2, -0.15) is 0 Å². The Morgan fingerprint density at radius 2 is 2.12 bits per heavy atom. The van der Waals surface area contributed by atoms with Gasteiger partial charge in [0.25, 0.3) is 0 Å². The van der Waals surface area contributed by atoms with Crippen molar-refractivity contribution in [3.05, 3.63) is 0 Å². The highest BCUT2D eigenvalue weighted by Gasteiger charge is 2.39. The molecule has 0 aromatic carbocycles. The average molecular weight is 226 g/mol. The summed E-state index contributed by atoms with van der Waals surface area (Å²) in [7, 11) is 0. The first-order valence-corrected chi connectivity index (χ1v) is 6.80. The molecule has 1 aliphatic carbocycles. The molecule has 0 aromatic rings. The molecule has 1 heterocycles. The van der Waals surface area contributed by atoms with Gasteiger partial charge in [0.2, 0.25) is 0 Å². The highest BCUT2D eigenvalue weighted by molar-refractivity contribution is 4.93. The Balaban J connectivity index is 1.85. The lowest BCUT2D eigenvalue weighted by Gasteiger charge is -2.50. The Labute approximate surface area is 99.5 Å². The molecule has 3 heteroatoms. The maximum absolute atomic E-state index is 5.70. The van der Waals surface area contributed by atoms with Gasteiger partial charge in [-0.1, -0.05) is 6.92 Å². The zero-order valence-electron chi connectivity index (χ0n) is 10.9. The van der Waals surface area contributed by atoms with Crippen molar-refractivity contribution in [1.82, 2.24) is 10.2 Å². The minimum Gasteiger partial charge on any atom is -0.376 e. The molecule has 1 N–H and O–H groups in total. The molecule has 0 spiro atoms. The smallest absolute Gasteiger partial charge is 0.0674 e. The van der Waals surface area contributed by atoms with Crippen molar-refractivity contribution in [2.75, 3.05) is 26.2 Å². The lowest BCUT2D eigenvalue weighted by atomic mass is 9.77. The summed E-state index contributed by atoms with van der Waals surface area (Å²) in [5.41, 5.74) is 0. The van der Waals surface area contributed by atoms with Crippen molar-refractivity contribution >= 4 is 0 Å². The molecule has 1 saturated carbocycles. The van der Waals surface area contributed by atoms with Crippen LogP contribution in [0.2, 0.25) is 0 Å². The highest BCUT2D eigenvalue weighted by atomic mass is 16.5.